The molecular formula is C16H12N2O. The first-order valence-corrected chi connectivity index (χ1v) is 6.11. The van der Waals surface area contributed by atoms with Crippen LogP contribution in [0.15, 0.2) is 60.9 Å². The summed E-state index contributed by atoms with van der Waals surface area (Å²) in [6.07, 6.45) is 3.75. The molecule has 1 aromatic carbocycles. The van der Waals surface area contributed by atoms with Gasteiger partial charge in [-0.25, -0.2) is 0 Å². The molecule has 0 aliphatic carbocycles. The minimum absolute atomic E-state index is 0.0669. The summed E-state index contributed by atoms with van der Waals surface area (Å²) < 4.78 is 0. The van der Waals surface area contributed by atoms with E-state index in [-0.39, 0.29) is 5.78 Å². The van der Waals surface area contributed by atoms with Gasteiger partial charge in [-0.1, -0.05) is 24.3 Å². The molecule has 0 saturated heterocycles. The fourth-order valence-electron chi connectivity index (χ4n) is 2.11. The lowest BCUT2D eigenvalue weighted by Crippen LogP contribution is -2.05. The van der Waals surface area contributed by atoms with Crippen molar-refractivity contribution >= 4 is 16.7 Å². The van der Waals surface area contributed by atoms with Crippen LogP contribution in [-0.2, 0) is 6.42 Å². The zero-order chi connectivity index (χ0) is 13.1. The van der Waals surface area contributed by atoms with E-state index < -0.39 is 0 Å². The van der Waals surface area contributed by atoms with Crippen LogP contribution in [0.25, 0.3) is 10.9 Å². The molecule has 3 aromatic rings. The highest BCUT2D eigenvalue weighted by Gasteiger charge is 2.11. The van der Waals surface area contributed by atoms with Gasteiger partial charge in [-0.3, -0.25) is 14.8 Å². The topological polar surface area (TPSA) is 42.9 Å². The molecule has 19 heavy (non-hydrogen) atoms. The van der Waals surface area contributed by atoms with Crippen molar-refractivity contribution in [1.29, 1.82) is 0 Å². The number of fused-ring (bicyclic) bond motifs is 1. The van der Waals surface area contributed by atoms with Crippen LogP contribution in [0.1, 0.15) is 16.1 Å². The van der Waals surface area contributed by atoms with E-state index in [2.05, 4.69) is 9.97 Å². The third kappa shape index (κ3) is 2.36. The minimum Gasteiger partial charge on any atom is -0.294 e. The van der Waals surface area contributed by atoms with Crippen molar-refractivity contribution in [2.24, 2.45) is 0 Å². The number of carbonyl (C=O) groups excluding carboxylic acids is 1. The molecule has 0 amide bonds. The second kappa shape index (κ2) is 4.98. The van der Waals surface area contributed by atoms with Crippen molar-refractivity contribution in [1.82, 2.24) is 9.97 Å². The van der Waals surface area contributed by atoms with E-state index in [1.54, 1.807) is 12.4 Å². The molecule has 2 aromatic heterocycles. The van der Waals surface area contributed by atoms with Gasteiger partial charge < -0.3 is 0 Å². The quantitative estimate of drug-likeness (QED) is 0.669. The van der Waals surface area contributed by atoms with Crippen LogP contribution in [0.3, 0.4) is 0 Å². The predicted molar refractivity (Wildman–Crippen MR) is 74.0 cm³/mol. The Labute approximate surface area is 111 Å². The van der Waals surface area contributed by atoms with Crippen molar-refractivity contribution < 1.29 is 4.79 Å². The number of nitrogens with zero attached hydrogens (tertiary/aromatic N) is 2. The Kier molecular flexibility index (Phi) is 3.02. The number of pyridine rings is 2. The van der Waals surface area contributed by atoms with E-state index in [9.17, 15) is 4.79 Å². The van der Waals surface area contributed by atoms with Crippen molar-refractivity contribution in [2.75, 3.05) is 0 Å². The Hall–Kier alpha value is -2.55. The summed E-state index contributed by atoms with van der Waals surface area (Å²) in [5.74, 6) is 0.0669. The van der Waals surface area contributed by atoms with Crippen molar-refractivity contribution in [2.45, 2.75) is 6.42 Å². The van der Waals surface area contributed by atoms with Gasteiger partial charge in [-0.05, 0) is 24.3 Å². The first-order valence-electron chi connectivity index (χ1n) is 6.11. The van der Waals surface area contributed by atoms with E-state index in [1.807, 2.05) is 48.5 Å². The van der Waals surface area contributed by atoms with Gasteiger partial charge in [0.1, 0.15) is 0 Å². The summed E-state index contributed by atoms with van der Waals surface area (Å²) in [5.41, 5.74) is 2.33. The van der Waals surface area contributed by atoms with E-state index in [1.165, 1.54) is 0 Å². The highest BCUT2D eigenvalue weighted by molar-refractivity contribution is 6.07. The Bertz CT molecular complexity index is 718. The third-order valence-corrected chi connectivity index (χ3v) is 3.01. The van der Waals surface area contributed by atoms with E-state index in [0.717, 1.165) is 16.6 Å². The second-order valence-electron chi connectivity index (χ2n) is 4.30. The lowest BCUT2D eigenvalue weighted by molar-refractivity contribution is 0.0993. The Morgan fingerprint density at radius 2 is 1.79 bits per heavy atom. The standard InChI is InChI=1S/C16H12N2O/c19-16(11-12-5-1-2-9-17-12)14-6-3-8-15-13(14)7-4-10-18-15/h1-10H,11H2. The molecule has 0 radical (unpaired) electrons. The summed E-state index contributed by atoms with van der Waals surface area (Å²) in [7, 11) is 0. The van der Waals surface area contributed by atoms with Crippen LogP contribution in [0, 0.1) is 0 Å². The van der Waals surface area contributed by atoms with Crippen molar-refractivity contribution in [3.63, 3.8) is 0 Å². The molecule has 0 atom stereocenters. The van der Waals surface area contributed by atoms with Gasteiger partial charge in [0.25, 0.3) is 0 Å². The van der Waals surface area contributed by atoms with Crippen LogP contribution in [-0.4, -0.2) is 15.8 Å². The normalized spacial score (nSPS) is 10.5. The summed E-state index contributed by atoms with van der Waals surface area (Å²) >= 11 is 0. The lowest BCUT2D eigenvalue weighted by atomic mass is 10.0. The molecule has 0 bridgehead atoms. The molecule has 2 heterocycles. The van der Waals surface area contributed by atoms with Crippen LogP contribution < -0.4 is 0 Å². The lowest BCUT2D eigenvalue weighted by Gasteiger charge is -2.04. The Balaban J connectivity index is 1.98. The summed E-state index contributed by atoms with van der Waals surface area (Å²) in [4.78, 5) is 20.8. The largest absolute Gasteiger partial charge is 0.294 e. The smallest absolute Gasteiger partial charge is 0.169 e. The number of benzene rings is 1. The van der Waals surface area contributed by atoms with Gasteiger partial charge in [0.05, 0.1) is 11.9 Å². The van der Waals surface area contributed by atoms with Gasteiger partial charge in [-0.2, -0.15) is 0 Å². The molecule has 0 fully saturated rings. The number of aromatic nitrogens is 2. The Morgan fingerprint density at radius 1 is 0.895 bits per heavy atom. The predicted octanol–water partition coefficient (Wildman–Crippen LogP) is 3.06. The number of Topliss-reactive ketones (excluding diaryl/α,β-unsaturated/α-hetero) is 1. The summed E-state index contributed by atoms with van der Waals surface area (Å²) in [5, 5.41) is 0.894. The third-order valence-electron chi connectivity index (χ3n) is 3.01. The molecule has 3 rings (SSSR count). The van der Waals surface area contributed by atoms with Gasteiger partial charge in [0.15, 0.2) is 5.78 Å². The van der Waals surface area contributed by atoms with Gasteiger partial charge in [0.2, 0.25) is 0 Å². The van der Waals surface area contributed by atoms with E-state index in [4.69, 9.17) is 0 Å². The molecule has 0 saturated carbocycles. The molecule has 3 nitrogen and oxygen atoms in total. The van der Waals surface area contributed by atoms with Crippen LogP contribution in [0.5, 0.6) is 0 Å². The number of carbonyl (C=O) groups is 1. The molecule has 0 spiro atoms. The number of ketones is 1. The maximum Gasteiger partial charge on any atom is 0.169 e. The van der Waals surface area contributed by atoms with Crippen LogP contribution >= 0.6 is 0 Å². The maximum atomic E-state index is 12.4. The molecule has 0 aliphatic heterocycles. The molecule has 0 unspecified atom stereocenters. The van der Waals surface area contributed by atoms with Crippen LogP contribution in [0.4, 0.5) is 0 Å². The molecule has 0 N–H and O–H groups in total. The van der Waals surface area contributed by atoms with E-state index >= 15 is 0 Å². The average molecular weight is 248 g/mol. The fourth-order valence-corrected chi connectivity index (χ4v) is 2.11. The second-order valence-corrected chi connectivity index (χ2v) is 4.30. The number of hydrogen-bond acceptors (Lipinski definition) is 3. The maximum absolute atomic E-state index is 12.4. The SMILES string of the molecule is O=C(Cc1ccccn1)c1cccc2ncccc12. The minimum atomic E-state index is 0.0669. The monoisotopic (exact) mass is 248 g/mol. The number of rotatable bonds is 3. The average Bonchev–Trinajstić information content (AvgIpc) is 2.47. The van der Waals surface area contributed by atoms with Crippen LogP contribution in [0.2, 0.25) is 0 Å². The highest BCUT2D eigenvalue weighted by Crippen LogP contribution is 2.18. The molecule has 92 valence electrons. The first kappa shape index (κ1) is 11.5. The van der Waals surface area contributed by atoms with Gasteiger partial charge in [0, 0.05) is 29.0 Å². The van der Waals surface area contributed by atoms with Crippen molar-refractivity contribution in [3.05, 3.63) is 72.2 Å². The van der Waals surface area contributed by atoms with Crippen molar-refractivity contribution in [3.8, 4) is 0 Å². The van der Waals surface area contributed by atoms with Gasteiger partial charge in [-0.15, -0.1) is 0 Å². The summed E-state index contributed by atoms with van der Waals surface area (Å²) in [6.45, 7) is 0. The number of hydrogen-bond donors (Lipinski definition) is 0. The molecular weight excluding hydrogens is 236 g/mol. The zero-order valence-corrected chi connectivity index (χ0v) is 10.3. The summed E-state index contributed by atoms with van der Waals surface area (Å²) in [6, 6.07) is 15.0. The fraction of sp³-hybridized carbons (Fsp3) is 0.0625. The van der Waals surface area contributed by atoms with Gasteiger partial charge >= 0.3 is 0 Å². The molecule has 3 heteroatoms. The first-order chi connectivity index (χ1) is 9.34. The highest BCUT2D eigenvalue weighted by atomic mass is 16.1. The zero-order valence-electron chi connectivity index (χ0n) is 10.3. The Morgan fingerprint density at radius 3 is 2.63 bits per heavy atom. The molecule has 0 aliphatic rings. The van der Waals surface area contributed by atoms with E-state index in [0.29, 0.717) is 12.0 Å².